The molecule has 4 rings (SSSR count). The predicted molar refractivity (Wildman–Crippen MR) is 125 cm³/mol. The molecule has 0 radical (unpaired) electrons. The van der Waals surface area contributed by atoms with Gasteiger partial charge in [0.25, 0.3) is 0 Å². The average molecular weight is 434 g/mol. The Hall–Kier alpha value is -3.32. The van der Waals surface area contributed by atoms with E-state index in [1.165, 1.54) is 12.8 Å². The van der Waals surface area contributed by atoms with Crippen LogP contribution < -0.4 is 15.4 Å². The Bertz CT molecular complexity index is 969. The predicted octanol–water partition coefficient (Wildman–Crippen LogP) is 3.76. The highest BCUT2D eigenvalue weighted by Gasteiger charge is 2.25. The number of ether oxygens (including phenoxy) is 1. The average Bonchev–Trinajstić information content (AvgIpc) is 3.56. The number of likely N-dealkylation sites (tertiary alicyclic amines) is 1. The van der Waals surface area contributed by atoms with Crippen LogP contribution in [0, 0.1) is 0 Å². The van der Waals surface area contributed by atoms with Gasteiger partial charge in [0.05, 0.1) is 18.0 Å². The number of aliphatic imine (C=N–C) groups is 1. The number of nitrogens with one attached hydrogen (secondary N) is 2. The first-order valence-corrected chi connectivity index (χ1v) is 11.2. The van der Waals surface area contributed by atoms with Gasteiger partial charge in [-0.2, -0.15) is 0 Å². The molecule has 3 heterocycles. The van der Waals surface area contributed by atoms with Gasteiger partial charge in [-0.15, -0.1) is 0 Å². The molecule has 1 aromatic carbocycles. The molecular formula is C25H31N5O2. The Morgan fingerprint density at radius 3 is 2.78 bits per heavy atom. The molecule has 2 aromatic heterocycles. The van der Waals surface area contributed by atoms with Gasteiger partial charge in [0.15, 0.2) is 5.96 Å². The van der Waals surface area contributed by atoms with Crippen molar-refractivity contribution in [2.24, 2.45) is 4.99 Å². The van der Waals surface area contributed by atoms with Gasteiger partial charge in [0.2, 0.25) is 0 Å². The third kappa shape index (κ3) is 6.11. The number of nitrogens with zero attached hydrogens (tertiary/aromatic N) is 3. The lowest BCUT2D eigenvalue weighted by Crippen LogP contribution is -2.42. The van der Waals surface area contributed by atoms with Gasteiger partial charge in [-0.3, -0.25) is 14.9 Å². The Kier molecular flexibility index (Phi) is 7.76. The monoisotopic (exact) mass is 433 g/mol. The van der Waals surface area contributed by atoms with Crippen molar-refractivity contribution in [3.05, 3.63) is 84.1 Å². The Balaban J connectivity index is 1.29. The van der Waals surface area contributed by atoms with Crippen LogP contribution in [-0.4, -0.2) is 42.5 Å². The SMILES string of the molecule is CN=C(NCc1cccc(OCc2ccccn2)c1)NCC(c1ccco1)N1CCCC1. The maximum absolute atomic E-state index is 5.89. The Morgan fingerprint density at radius 2 is 2.03 bits per heavy atom. The summed E-state index contributed by atoms with van der Waals surface area (Å²) in [6.07, 6.45) is 6.00. The molecule has 168 valence electrons. The van der Waals surface area contributed by atoms with Crippen LogP contribution in [0.3, 0.4) is 0 Å². The number of pyridine rings is 1. The number of benzene rings is 1. The van der Waals surface area contributed by atoms with Crippen LogP contribution in [0.4, 0.5) is 0 Å². The van der Waals surface area contributed by atoms with Crippen LogP contribution in [0.2, 0.25) is 0 Å². The minimum atomic E-state index is 0.203. The van der Waals surface area contributed by atoms with Crippen LogP contribution >= 0.6 is 0 Å². The van der Waals surface area contributed by atoms with Crippen LogP contribution in [0.25, 0.3) is 0 Å². The molecule has 3 aromatic rings. The fourth-order valence-corrected chi connectivity index (χ4v) is 3.93. The molecule has 0 bridgehead atoms. The summed E-state index contributed by atoms with van der Waals surface area (Å²) in [5.74, 6) is 2.58. The van der Waals surface area contributed by atoms with Gasteiger partial charge in [0, 0.05) is 26.3 Å². The molecule has 7 heteroatoms. The lowest BCUT2D eigenvalue weighted by Gasteiger charge is -2.26. The fourth-order valence-electron chi connectivity index (χ4n) is 3.93. The van der Waals surface area contributed by atoms with Crippen molar-refractivity contribution in [2.75, 3.05) is 26.7 Å². The van der Waals surface area contributed by atoms with Gasteiger partial charge in [0.1, 0.15) is 18.1 Å². The fraction of sp³-hybridized carbons (Fsp3) is 0.360. The molecular weight excluding hydrogens is 402 g/mol. The zero-order chi connectivity index (χ0) is 22.0. The summed E-state index contributed by atoms with van der Waals surface area (Å²) in [5.41, 5.74) is 2.03. The van der Waals surface area contributed by atoms with E-state index in [9.17, 15) is 0 Å². The number of hydrogen-bond acceptors (Lipinski definition) is 5. The summed E-state index contributed by atoms with van der Waals surface area (Å²) in [6.45, 7) is 4.04. The first kappa shape index (κ1) is 21.9. The van der Waals surface area contributed by atoms with Crippen LogP contribution in [0.15, 0.2) is 76.5 Å². The molecule has 2 N–H and O–H groups in total. The summed E-state index contributed by atoms with van der Waals surface area (Å²) < 4.78 is 11.6. The number of aromatic nitrogens is 1. The molecule has 0 saturated carbocycles. The van der Waals surface area contributed by atoms with E-state index < -0.39 is 0 Å². The molecule has 1 aliphatic rings. The van der Waals surface area contributed by atoms with Gasteiger partial charge in [-0.25, -0.2) is 0 Å². The molecule has 7 nitrogen and oxygen atoms in total. The van der Waals surface area contributed by atoms with Crippen molar-refractivity contribution in [1.29, 1.82) is 0 Å². The molecule has 0 spiro atoms. The van der Waals surface area contributed by atoms with E-state index in [4.69, 9.17) is 9.15 Å². The van der Waals surface area contributed by atoms with Crippen molar-refractivity contribution in [3.63, 3.8) is 0 Å². The van der Waals surface area contributed by atoms with Crippen molar-refractivity contribution in [3.8, 4) is 5.75 Å². The highest BCUT2D eigenvalue weighted by Crippen LogP contribution is 2.24. The van der Waals surface area contributed by atoms with E-state index >= 15 is 0 Å². The van der Waals surface area contributed by atoms with Crippen LogP contribution in [0.1, 0.15) is 35.9 Å². The zero-order valence-corrected chi connectivity index (χ0v) is 18.5. The Labute approximate surface area is 189 Å². The second-order valence-electron chi connectivity index (χ2n) is 7.84. The minimum Gasteiger partial charge on any atom is -0.487 e. The van der Waals surface area contributed by atoms with E-state index in [1.807, 2.05) is 42.5 Å². The smallest absolute Gasteiger partial charge is 0.191 e. The number of rotatable bonds is 9. The summed E-state index contributed by atoms with van der Waals surface area (Å²) in [7, 11) is 1.79. The van der Waals surface area contributed by atoms with Crippen LogP contribution in [0.5, 0.6) is 5.75 Å². The molecule has 1 saturated heterocycles. The molecule has 1 unspecified atom stereocenters. The van der Waals surface area contributed by atoms with Gasteiger partial charge in [-0.05, 0) is 67.9 Å². The maximum Gasteiger partial charge on any atom is 0.191 e. The van der Waals surface area contributed by atoms with E-state index in [0.717, 1.165) is 48.4 Å². The highest BCUT2D eigenvalue weighted by atomic mass is 16.5. The second-order valence-corrected chi connectivity index (χ2v) is 7.84. The quantitative estimate of drug-likeness (QED) is 0.395. The standard InChI is InChI=1S/C25H31N5O2/c1-26-25(29-18-23(24-11-7-15-31-24)30-13-4-5-14-30)28-17-20-8-6-10-22(16-20)32-19-21-9-2-3-12-27-21/h2-3,6-12,15-16,23H,4-5,13-14,17-19H2,1H3,(H2,26,28,29). The largest absolute Gasteiger partial charge is 0.487 e. The summed E-state index contributed by atoms with van der Waals surface area (Å²) in [5, 5.41) is 6.86. The van der Waals surface area contributed by atoms with E-state index in [0.29, 0.717) is 13.2 Å². The summed E-state index contributed by atoms with van der Waals surface area (Å²) in [4.78, 5) is 11.2. The lowest BCUT2D eigenvalue weighted by atomic mass is 10.2. The minimum absolute atomic E-state index is 0.203. The molecule has 32 heavy (non-hydrogen) atoms. The summed E-state index contributed by atoms with van der Waals surface area (Å²) >= 11 is 0. The summed E-state index contributed by atoms with van der Waals surface area (Å²) in [6, 6.07) is 18.1. The van der Waals surface area contributed by atoms with E-state index in [1.54, 1.807) is 19.5 Å². The number of guanidine groups is 1. The third-order valence-electron chi connectivity index (χ3n) is 5.61. The third-order valence-corrected chi connectivity index (χ3v) is 5.61. The molecule has 1 fully saturated rings. The molecule has 0 amide bonds. The normalized spacial score (nSPS) is 15.5. The maximum atomic E-state index is 5.89. The Morgan fingerprint density at radius 1 is 1.12 bits per heavy atom. The van der Waals surface area contributed by atoms with Gasteiger partial charge < -0.3 is 19.8 Å². The highest BCUT2D eigenvalue weighted by molar-refractivity contribution is 5.79. The van der Waals surface area contributed by atoms with Gasteiger partial charge >= 0.3 is 0 Å². The van der Waals surface area contributed by atoms with Gasteiger partial charge in [-0.1, -0.05) is 18.2 Å². The molecule has 1 aliphatic heterocycles. The van der Waals surface area contributed by atoms with Crippen molar-refractivity contribution < 1.29 is 9.15 Å². The van der Waals surface area contributed by atoms with Crippen LogP contribution in [-0.2, 0) is 13.2 Å². The topological polar surface area (TPSA) is 74.9 Å². The number of hydrogen-bond donors (Lipinski definition) is 2. The van der Waals surface area contributed by atoms with E-state index in [-0.39, 0.29) is 6.04 Å². The lowest BCUT2D eigenvalue weighted by molar-refractivity contribution is 0.215. The number of furan rings is 1. The van der Waals surface area contributed by atoms with E-state index in [2.05, 4.69) is 37.6 Å². The zero-order valence-electron chi connectivity index (χ0n) is 18.5. The molecule has 1 atom stereocenters. The first-order valence-electron chi connectivity index (χ1n) is 11.2. The second kappa shape index (κ2) is 11.3. The van der Waals surface area contributed by atoms with Crippen molar-refractivity contribution in [2.45, 2.75) is 32.0 Å². The van der Waals surface area contributed by atoms with Crippen molar-refractivity contribution >= 4 is 5.96 Å². The first-order chi connectivity index (χ1) is 15.8. The van der Waals surface area contributed by atoms with Crippen molar-refractivity contribution in [1.82, 2.24) is 20.5 Å². The molecule has 0 aliphatic carbocycles.